The van der Waals surface area contributed by atoms with E-state index in [1.807, 2.05) is 0 Å². The number of nitrogens with one attached hydrogen (secondary N) is 2. The van der Waals surface area contributed by atoms with Gasteiger partial charge in [-0.15, -0.1) is 0 Å². The van der Waals surface area contributed by atoms with Gasteiger partial charge in [-0.05, 0) is 20.8 Å². The number of hydrogen-bond acceptors (Lipinski definition) is 13. The van der Waals surface area contributed by atoms with Crippen LogP contribution in [0.25, 0.3) is 11.2 Å². The number of fused-ring (bicyclic) bond motifs is 1. The van der Waals surface area contributed by atoms with Crippen molar-refractivity contribution >= 4 is 70.9 Å². The van der Waals surface area contributed by atoms with Gasteiger partial charge in [0, 0.05) is 11.2 Å². The Hall–Kier alpha value is -1.75. The molecule has 0 aromatic carbocycles. The van der Waals surface area contributed by atoms with E-state index in [4.69, 9.17) is 47.5 Å². The molecule has 0 amide bonds. The van der Waals surface area contributed by atoms with Crippen molar-refractivity contribution in [1.29, 1.82) is 0 Å². The van der Waals surface area contributed by atoms with E-state index < -0.39 is 66.2 Å². The van der Waals surface area contributed by atoms with Gasteiger partial charge in [-0.25, -0.2) is 14.6 Å². The van der Waals surface area contributed by atoms with Crippen molar-refractivity contribution in [1.82, 2.24) is 24.6 Å². The lowest BCUT2D eigenvalue weighted by Crippen LogP contribution is -2.39. The summed E-state index contributed by atoms with van der Waals surface area (Å²) in [5.41, 5.74) is 4.38. The maximum absolute atomic E-state index is 13.7. The first kappa shape index (κ1) is 34.7. The molecule has 236 valence electrons. The molecule has 15 nitrogen and oxygen atoms in total. The molecule has 2 aromatic rings. The number of esters is 1. The Kier molecular flexibility index (Phi) is 11.2. The first-order valence-corrected chi connectivity index (χ1v) is 16.1. The van der Waals surface area contributed by atoms with Gasteiger partial charge in [0.25, 0.3) is 5.56 Å². The van der Waals surface area contributed by atoms with Crippen molar-refractivity contribution < 1.29 is 37.8 Å². The van der Waals surface area contributed by atoms with Gasteiger partial charge in [0.15, 0.2) is 26.8 Å². The zero-order valence-corrected chi connectivity index (χ0v) is 27.1. The minimum absolute atomic E-state index is 0.00356. The van der Waals surface area contributed by atoms with E-state index in [1.54, 1.807) is 34.6 Å². The number of carbonyl (C=O) groups is 2. The summed E-state index contributed by atoms with van der Waals surface area (Å²) in [5.74, 6) is -0.754. The number of aromatic amines is 1. The highest BCUT2D eigenvalue weighted by Gasteiger charge is 2.56. The number of thioether (sulfide) groups is 1. The molecule has 1 saturated heterocycles. The van der Waals surface area contributed by atoms with Crippen LogP contribution in [0.5, 0.6) is 0 Å². The number of nitrogens with zero attached hydrogens (tertiary/aromatic N) is 3. The predicted molar refractivity (Wildman–Crippen MR) is 157 cm³/mol. The maximum Gasteiger partial charge on any atom is 0.406 e. The van der Waals surface area contributed by atoms with E-state index in [-0.39, 0.29) is 34.6 Å². The molecule has 5 atom stereocenters. The summed E-state index contributed by atoms with van der Waals surface area (Å²) in [5, 5.41) is 13.3. The van der Waals surface area contributed by atoms with Crippen molar-refractivity contribution in [3.63, 3.8) is 0 Å². The fourth-order valence-electron chi connectivity index (χ4n) is 3.64. The lowest BCUT2D eigenvalue weighted by atomic mass is 10.00. The van der Waals surface area contributed by atoms with Crippen LogP contribution in [-0.4, -0.2) is 83.4 Å². The molecule has 0 bridgehead atoms. The van der Waals surface area contributed by atoms with Gasteiger partial charge in [0.1, 0.15) is 18.2 Å². The van der Waals surface area contributed by atoms with Crippen molar-refractivity contribution in [2.75, 3.05) is 24.7 Å². The number of alkyl halides is 2. The maximum atomic E-state index is 13.7. The van der Waals surface area contributed by atoms with Crippen LogP contribution in [0.1, 0.15) is 47.8 Å². The van der Waals surface area contributed by atoms with Crippen molar-refractivity contribution in [3.05, 3.63) is 16.7 Å². The standard InChI is InChI=1S/C23H35Cl2N6O9PS/c1-11(2)39-18(34)12(3)30-41(36,37-7-8-42-20(35)22(4,5)6)38-9-13-15(32)23(24,25)19(40-13)31-10-27-14-16(31)28-21(26)29-17(14)33/h10-13,15,19,32H,7-9H2,1-6H3,(H,30,36)(H3,26,28,29,33)/t12-,13-,15-,19-,41?/m1/s1. The van der Waals surface area contributed by atoms with Crippen LogP contribution in [0.4, 0.5) is 5.95 Å². The first-order valence-electron chi connectivity index (χ1n) is 12.8. The molecule has 19 heteroatoms. The van der Waals surface area contributed by atoms with Crippen LogP contribution < -0.4 is 16.4 Å². The van der Waals surface area contributed by atoms with Crippen LogP contribution in [-0.2, 0) is 32.7 Å². The molecule has 1 unspecified atom stereocenters. The summed E-state index contributed by atoms with van der Waals surface area (Å²) < 4.78 is 35.0. The molecule has 1 aliphatic rings. The Labute approximate surface area is 256 Å². The largest absolute Gasteiger partial charge is 0.462 e. The number of aliphatic hydroxyl groups excluding tert-OH is 1. The van der Waals surface area contributed by atoms with Crippen molar-refractivity contribution in [2.45, 2.75) is 76.5 Å². The third-order valence-corrected chi connectivity index (χ3v) is 9.52. The van der Waals surface area contributed by atoms with Gasteiger partial charge in [-0.1, -0.05) is 55.7 Å². The van der Waals surface area contributed by atoms with E-state index in [2.05, 4.69) is 20.0 Å². The molecule has 0 saturated carbocycles. The Morgan fingerprint density at radius 2 is 2.00 bits per heavy atom. The number of hydrogen-bond donors (Lipinski definition) is 4. The number of nitrogens with two attached hydrogens (primary N) is 1. The number of halogens is 2. The Morgan fingerprint density at radius 3 is 2.62 bits per heavy atom. The number of nitrogen functional groups attached to an aromatic ring is 1. The summed E-state index contributed by atoms with van der Waals surface area (Å²) in [7, 11) is -4.27. The highest BCUT2D eigenvalue weighted by molar-refractivity contribution is 8.13. The van der Waals surface area contributed by atoms with Crippen molar-refractivity contribution in [2.24, 2.45) is 5.41 Å². The second-order valence-electron chi connectivity index (χ2n) is 10.8. The van der Waals surface area contributed by atoms with E-state index in [9.17, 15) is 24.1 Å². The smallest absolute Gasteiger partial charge is 0.406 e. The summed E-state index contributed by atoms with van der Waals surface area (Å²) in [6.45, 7) is 9.28. The molecule has 1 aliphatic heterocycles. The summed E-state index contributed by atoms with van der Waals surface area (Å²) in [4.78, 5) is 47.1. The van der Waals surface area contributed by atoms with Crippen LogP contribution in [0.15, 0.2) is 11.1 Å². The molecule has 0 spiro atoms. The predicted octanol–water partition coefficient (Wildman–Crippen LogP) is 2.51. The van der Waals surface area contributed by atoms with E-state index in [1.165, 1.54) is 17.8 Å². The zero-order chi connectivity index (χ0) is 31.6. The molecule has 1 fully saturated rings. The van der Waals surface area contributed by atoms with E-state index in [0.29, 0.717) is 0 Å². The molecule has 2 aromatic heterocycles. The average molecular weight is 674 g/mol. The lowest BCUT2D eigenvalue weighted by Gasteiger charge is -2.25. The minimum Gasteiger partial charge on any atom is -0.462 e. The average Bonchev–Trinajstić information content (AvgIpc) is 3.37. The Balaban J connectivity index is 1.77. The summed E-state index contributed by atoms with van der Waals surface area (Å²) >= 11 is 13.9. The van der Waals surface area contributed by atoms with Gasteiger partial charge >= 0.3 is 13.7 Å². The Bertz CT molecular complexity index is 1400. The minimum atomic E-state index is -4.27. The van der Waals surface area contributed by atoms with Gasteiger partial charge < -0.3 is 20.3 Å². The lowest BCUT2D eigenvalue weighted by molar-refractivity contribution is -0.149. The highest BCUT2D eigenvalue weighted by atomic mass is 35.5. The third-order valence-electron chi connectivity index (χ3n) is 5.74. The van der Waals surface area contributed by atoms with E-state index in [0.717, 1.165) is 11.8 Å². The van der Waals surface area contributed by atoms with Gasteiger partial charge in [0.2, 0.25) is 5.95 Å². The van der Waals surface area contributed by atoms with Crippen LogP contribution >= 0.6 is 42.7 Å². The second-order valence-corrected chi connectivity index (χ2v) is 15.1. The number of ether oxygens (including phenoxy) is 2. The first-order chi connectivity index (χ1) is 19.4. The molecular weight excluding hydrogens is 638 g/mol. The number of rotatable bonds is 12. The van der Waals surface area contributed by atoms with Crippen LogP contribution in [0, 0.1) is 5.41 Å². The number of aromatic nitrogens is 4. The van der Waals surface area contributed by atoms with Gasteiger partial charge in [0.05, 0.1) is 25.6 Å². The number of carbonyl (C=O) groups excluding carboxylic acids is 2. The fourth-order valence-corrected chi connectivity index (χ4v) is 6.62. The topological polar surface area (TPSA) is 210 Å². The zero-order valence-electron chi connectivity index (χ0n) is 23.8. The van der Waals surface area contributed by atoms with Crippen LogP contribution in [0.2, 0.25) is 0 Å². The quantitative estimate of drug-likeness (QED) is 0.110. The number of anilines is 1. The summed E-state index contributed by atoms with van der Waals surface area (Å²) in [6.07, 6.45) is -3.42. The monoisotopic (exact) mass is 672 g/mol. The Morgan fingerprint density at radius 1 is 1.33 bits per heavy atom. The summed E-state index contributed by atoms with van der Waals surface area (Å²) in [6, 6.07) is -1.11. The molecular formula is C23H35Cl2N6O9PS. The number of imidazole rings is 1. The van der Waals surface area contributed by atoms with Crippen molar-refractivity contribution in [3.8, 4) is 0 Å². The third kappa shape index (κ3) is 8.24. The van der Waals surface area contributed by atoms with Gasteiger partial charge in [-0.2, -0.15) is 4.98 Å². The van der Waals surface area contributed by atoms with E-state index >= 15 is 0 Å². The normalized spacial score (nSPS) is 22.8. The molecule has 42 heavy (non-hydrogen) atoms. The highest BCUT2D eigenvalue weighted by Crippen LogP contribution is 2.50. The molecule has 3 heterocycles. The van der Waals surface area contributed by atoms with Gasteiger partial charge in [-0.3, -0.25) is 33.0 Å². The number of aliphatic hydroxyl groups is 1. The molecule has 0 radical (unpaired) electrons. The fraction of sp³-hybridized carbons (Fsp3) is 0.696. The molecule has 3 rings (SSSR count). The SMILES string of the molecule is CC(C)OC(=O)[C@@H](C)NP(=O)(OCCSC(=O)C(C)(C)C)OC[C@H]1O[C@@H](n2cnc3c(=O)[nH]c(N)nc32)C(Cl)(Cl)[C@@H]1O. The number of H-pyrrole nitrogens is 1. The molecule has 5 N–H and O–H groups in total. The second kappa shape index (κ2) is 13.5. The molecule has 0 aliphatic carbocycles. The van der Waals surface area contributed by atoms with Crippen LogP contribution in [0.3, 0.4) is 0 Å².